The van der Waals surface area contributed by atoms with Crippen molar-refractivity contribution in [2.24, 2.45) is 11.7 Å². The molecule has 6 heteroatoms. The van der Waals surface area contributed by atoms with Crippen molar-refractivity contribution in [3.8, 4) is 0 Å². The Balaban J connectivity index is 2.44. The number of urea groups is 1. The number of nitrogens with two attached hydrogens (primary N) is 1. The van der Waals surface area contributed by atoms with Crippen molar-refractivity contribution in [2.45, 2.75) is 39.2 Å². The van der Waals surface area contributed by atoms with E-state index < -0.39 is 6.03 Å². The lowest BCUT2D eigenvalue weighted by atomic mass is 9.94. The highest BCUT2D eigenvalue weighted by Gasteiger charge is 2.27. The molecule has 1 fully saturated rings. The largest absolute Gasteiger partial charge is 0.338 e. The van der Waals surface area contributed by atoms with E-state index in [1.807, 2.05) is 13.8 Å². The van der Waals surface area contributed by atoms with E-state index in [1.165, 1.54) is 6.42 Å². The first kappa shape index (κ1) is 15.9. The van der Waals surface area contributed by atoms with Crippen LogP contribution in [0.25, 0.3) is 0 Å². The van der Waals surface area contributed by atoms with E-state index >= 15 is 0 Å². The Hall–Kier alpha value is -1.14. The molecular formula is C13H26N4O2. The summed E-state index contributed by atoms with van der Waals surface area (Å²) in [4.78, 5) is 25.4. The highest BCUT2D eigenvalue weighted by molar-refractivity contribution is 5.96. The first-order chi connectivity index (χ1) is 9.08. The lowest BCUT2D eigenvalue weighted by Crippen LogP contribution is -2.52. The van der Waals surface area contributed by atoms with Gasteiger partial charge in [-0.3, -0.25) is 15.0 Å². The van der Waals surface area contributed by atoms with Crippen LogP contribution in [-0.4, -0.2) is 49.1 Å². The molecule has 0 aliphatic carbocycles. The Morgan fingerprint density at radius 3 is 2.84 bits per heavy atom. The summed E-state index contributed by atoms with van der Waals surface area (Å²) in [6, 6.07) is -0.696. The van der Waals surface area contributed by atoms with Crippen LogP contribution in [-0.2, 0) is 4.79 Å². The first-order valence-electron chi connectivity index (χ1n) is 7.11. The van der Waals surface area contributed by atoms with Gasteiger partial charge in [-0.25, -0.2) is 4.79 Å². The molecule has 19 heavy (non-hydrogen) atoms. The Morgan fingerprint density at radius 2 is 2.21 bits per heavy atom. The van der Waals surface area contributed by atoms with E-state index in [0.717, 1.165) is 25.9 Å². The van der Waals surface area contributed by atoms with Gasteiger partial charge >= 0.3 is 6.03 Å². The van der Waals surface area contributed by atoms with E-state index in [0.29, 0.717) is 19.0 Å². The quantitative estimate of drug-likeness (QED) is 0.669. The smallest absolute Gasteiger partial charge is 0.321 e. The maximum absolute atomic E-state index is 12.0. The van der Waals surface area contributed by atoms with Gasteiger partial charge in [-0.1, -0.05) is 0 Å². The molecule has 2 unspecified atom stereocenters. The third-order valence-corrected chi connectivity index (χ3v) is 3.63. The summed E-state index contributed by atoms with van der Waals surface area (Å²) >= 11 is 0. The number of likely N-dealkylation sites (tertiary alicyclic amines) is 1. The average molecular weight is 270 g/mol. The van der Waals surface area contributed by atoms with Gasteiger partial charge in [0.1, 0.15) is 0 Å². The summed E-state index contributed by atoms with van der Waals surface area (Å²) in [5.41, 5.74) is 5.59. The van der Waals surface area contributed by atoms with Crippen molar-refractivity contribution in [1.82, 2.24) is 15.5 Å². The molecule has 0 aromatic rings. The van der Waals surface area contributed by atoms with Gasteiger partial charge < -0.3 is 11.1 Å². The number of carbonyl (C=O) groups excluding carboxylic acids is 2. The summed E-state index contributed by atoms with van der Waals surface area (Å²) in [7, 11) is 0. The molecule has 3 amide bonds. The zero-order chi connectivity index (χ0) is 14.3. The minimum Gasteiger partial charge on any atom is -0.338 e. The number of hydrogen-bond donors (Lipinski definition) is 3. The van der Waals surface area contributed by atoms with Gasteiger partial charge in [-0.15, -0.1) is 0 Å². The predicted octanol–water partition coefficient (Wildman–Crippen LogP) is 0.281. The van der Waals surface area contributed by atoms with Crippen molar-refractivity contribution in [1.29, 1.82) is 0 Å². The molecule has 4 N–H and O–H groups in total. The molecule has 0 radical (unpaired) electrons. The molecule has 6 nitrogen and oxygen atoms in total. The number of hydrogen-bond acceptors (Lipinski definition) is 4. The molecule has 1 aliphatic rings. The molecule has 1 aliphatic heterocycles. The highest BCUT2D eigenvalue weighted by Crippen LogP contribution is 2.20. The summed E-state index contributed by atoms with van der Waals surface area (Å²) in [5.74, 6) is 0.331. The Bertz CT molecular complexity index is 307. The van der Waals surface area contributed by atoms with Crippen LogP contribution in [0.1, 0.15) is 33.1 Å². The molecule has 0 aromatic heterocycles. The van der Waals surface area contributed by atoms with Crippen LogP contribution in [0, 0.1) is 5.92 Å². The lowest BCUT2D eigenvalue weighted by molar-refractivity contribution is -0.125. The fourth-order valence-electron chi connectivity index (χ4n) is 2.51. The second kappa shape index (κ2) is 8.12. The van der Waals surface area contributed by atoms with Crippen LogP contribution >= 0.6 is 0 Å². The molecule has 2 atom stereocenters. The molecule has 110 valence electrons. The van der Waals surface area contributed by atoms with Crippen LogP contribution in [0.5, 0.6) is 0 Å². The zero-order valence-corrected chi connectivity index (χ0v) is 11.9. The molecule has 0 spiro atoms. The molecule has 0 saturated carbocycles. The van der Waals surface area contributed by atoms with Crippen LogP contribution < -0.4 is 16.4 Å². The summed E-state index contributed by atoms with van der Waals surface area (Å²) in [5, 5.41) is 4.93. The van der Waals surface area contributed by atoms with Gasteiger partial charge in [-0.05, 0) is 52.1 Å². The van der Waals surface area contributed by atoms with Gasteiger partial charge in [0.25, 0.3) is 0 Å². The summed E-state index contributed by atoms with van der Waals surface area (Å²) < 4.78 is 0. The van der Waals surface area contributed by atoms with Crippen molar-refractivity contribution in [3.05, 3.63) is 0 Å². The molecule has 1 saturated heterocycles. The van der Waals surface area contributed by atoms with Gasteiger partial charge in [-0.2, -0.15) is 0 Å². The van der Waals surface area contributed by atoms with Crippen molar-refractivity contribution >= 4 is 11.9 Å². The third kappa shape index (κ3) is 5.16. The minimum atomic E-state index is -0.421. The van der Waals surface area contributed by atoms with Crippen LogP contribution in [0.4, 0.5) is 4.79 Å². The molecular weight excluding hydrogens is 244 g/mol. The fraction of sp³-hybridized carbons (Fsp3) is 0.846. The molecule has 0 aromatic carbocycles. The zero-order valence-electron chi connectivity index (χ0n) is 11.9. The topological polar surface area (TPSA) is 87.5 Å². The SMILES string of the molecule is CCNC(=O)NC(=O)C(C)N1CCCC(CCN)C1. The maximum Gasteiger partial charge on any atom is 0.321 e. The molecule has 0 bridgehead atoms. The van der Waals surface area contributed by atoms with Crippen molar-refractivity contribution < 1.29 is 9.59 Å². The van der Waals surface area contributed by atoms with Crippen LogP contribution in [0.2, 0.25) is 0 Å². The van der Waals surface area contributed by atoms with E-state index in [4.69, 9.17) is 5.73 Å². The number of amides is 3. The standard InChI is InChI=1S/C13H26N4O2/c1-3-15-13(19)16-12(18)10(2)17-8-4-5-11(9-17)6-7-14/h10-11H,3-9,14H2,1-2H3,(H2,15,16,18,19). The molecule has 1 heterocycles. The monoisotopic (exact) mass is 270 g/mol. The maximum atomic E-state index is 12.0. The summed E-state index contributed by atoms with van der Waals surface area (Å²) in [6.07, 6.45) is 3.27. The Labute approximate surface area is 115 Å². The van der Waals surface area contributed by atoms with Gasteiger partial charge in [0.15, 0.2) is 0 Å². The predicted molar refractivity (Wildman–Crippen MR) is 74.6 cm³/mol. The van der Waals surface area contributed by atoms with E-state index in [2.05, 4.69) is 15.5 Å². The lowest BCUT2D eigenvalue weighted by Gasteiger charge is -2.35. The number of piperidine rings is 1. The number of imide groups is 1. The first-order valence-corrected chi connectivity index (χ1v) is 7.11. The van der Waals surface area contributed by atoms with Gasteiger partial charge in [0, 0.05) is 13.1 Å². The van der Waals surface area contributed by atoms with Crippen molar-refractivity contribution in [2.75, 3.05) is 26.2 Å². The second-order valence-electron chi connectivity index (χ2n) is 5.11. The van der Waals surface area contributed by atoms with E-state index in [9.17, 15) is 9.59 Å². The Morgan fingerprint density at radius 1 is 1.47 bits per heavy atom. The fourth-order valence-corrected chi connectivity index (χ4v) is 2.51. The number of nitrogens with zero attached hydrogens (tertiary/aromatic N) is 1. The van der Waals surface area contributed by atoms with Gasteiger partial charge in [0.05, 0.1) is 6.04 Å². The molecule has 1 rings (SSSR count). The van der Waals surface area contributed by atoms with E-state index in [-0.39, 0.29) is 11.9 Å². The van der Waals surface area contributed by atoms with Crippen LogP contribution in [0.15, 0.2) is 0 Å². The average Bonchev–Trinajstić information content (AvgIpc) is 2.38. The van der Waals surface area contributed by atoms with Gasteiger partial charge in [0.2, 0.25) is 5.91 Å². The normalized spacial score (nSPS) is 21.7. The summed E-state index contributed by atoms with van der Waals surface area (Å²) in [6.45, 7) is 6.66. The number of rotatable bonds is 5. The van der Waals surface area contributed by atoms with Crippen molar-refractivity contribution in [3.63, 3.8) is 0 Å². The van der Waals surface area contributed by atoms with E-state index in [1.54, 1.807) is 0 Å². The third-order valence-electron chi connectivity index (χ3n) is 3.63. The Kier molecular flexibility index (Phi) is 6.80. The highest BCUT2D eigenvalue weighted by atomic mass is 16.2. The second-order valence-corrected chi connectivity index (χ2v) is 5.11. The number of carbonyl (C=O) groups is 2. The minimum absolute atomic E-state index is 0.237. The number of nitrogens with one attached hydrogen (secondary N) is 2. The van der Waals surface area contributed by atoms with Crippen LogP contribution in [0.3, 0.4) is 0 Å².